The van der Waals surface area contributed by atoms with Gasteiger partial charge in [0.15, 0.2) is 0 Å². The van der Waals surface area contributed by atoms with Gasteiger partial charge in [0, 0.05) is 29.7 Å². The first-order chi connectivity index (χ1) is 13.1. The number of carbonyl (C=O) groups excluding carboxylic acids is 2. The Bertz CT molecular complexity index is 1090. The number of rotatable bonds is 3. The Balaban J connectivity index is 1.60. The summed E-state index contributed by atoms with van der Waals surface area (Å²) in [6, 6.07) is 15.6. The third kappa shape index (κ3) is 3.46. The molecule has 0 aliphatic carbocycles. The smallest absolute Gasteiger partial charge is 0.349 e. The Morgan fingerprint density at radius 2 is 1.85 bits per heavy atom. The SMILES string of the molecule is O=C(Nc1cccc(N2CCCCC2=O)c1)c1cc2ccccc2oc1=O. The van der Waals surface area contributed by atoms with Crippen molar-refractivity contribution < 1.29 is 14.0 Å². The number of anilines is 2. The summed E-state index contributed by atoms with van der Waals surface area (Å²) in [5.41, 5.74) is 0.942. The normalized spacial score (nSPS) is 14.4. The van der Waals surface area contributed by atoms with Gasteiger partial charge in [0.2, 0.25) is 5.91 Å². The van der Waals surface area contributed by atoms with E-state index in [1.807, 2.05) is 12.1 Å². The van der Waals surface area contributed by atoms with Crippen molar-refractivity contribution in [2.75, 3.05) is 16.8 Å². The van der Waals surface area contributed by atoms with Crippen molar-refractivity contribution >= 4 is 34.2 Å². The number of fused-ring (bicyclic) bond motifs is 1. The zero-order valence-corrected chi connectivity index (χ0v) is 14.6. The molecule has 3 aromatic rings. The summed E-state index contributed by atoms with van der Waals surface area (Å²) in [6.45, 7) is 0.671. The van der Waals surface area contributed by atoms with Gasteiger partial charge in [0.05, 0.1) is 0 Å². The lowest BCUT2D eigenvalue weighted by molar-refractivity contribution is -0.119. The van der Waals surface area contributed by atoms with Crippen molar-refractivity contribution in [3.05, 3.63) is 70.6 Å². The standard InChI is InChI=1S/C21H18N2O4/c24-19-10-3-4-11-23(19)16-8-5-7-15(13-16)22-20(25)17-12-14-6-1-2-9-18(14)27-21(17)26/h1-2,5-9,12-13H,3-4,10-11H2,(H,22,25). The summed E-state index contributed by atoms with van der Waals surface area (Å²) in [5, 5.41) is 3.40. The molecule has 0 radical (unpaired) electrons. The number of carbonyl (C=O) groups is 2. The molecule has 2 amide bonds. The lowest BCUT2D eigenvalue weighted by atomic mass is 10.1. The zero-order chi connectivity index (χ0) is 18.8. The van der Waals surface area contributed by atoms with Crippen molar-refractivity contribution in [2.24, 2.45) is 0 Å². The molecule has 0 bridgehead atoms. The van der Waals surface area contributed by atoms with Crippen LogP contribution in [0.4, 0.5) is 11.4 Å². The zero-order valence-electron chi connectivity index (χ0n) is 14.6. The van der Waals surface area contributed by atoms with E-state index in [0.29, 0.717) is 29.6 Å². The minimum absolute atomic E-state index is 0.0619. The van der Waals surface area contributed by atoms with Gasteiger partial charge in [0.25, 0.3) is 5.91 Å². The molecule has 6 heteroatoms. The second-order valence-corrected chi connectivity index (χ2v) is 6.49. The predicted octanol–water partition coefficient (Wildman–Crippen LogP) is 3.56. The lowest BCUT2D eigenvalue weighted by Crippen LogP contribution is -2.35. The van der Waals surface area contributed by atoms with Gasteiger partial charge in [-0.05, 0) is 43.2 Å². The first kappa shape index (κ1) is 17.0. The molecule has 27 heavy (non-hydrogen) atoms. The highest BCUT2D eigenvalue weighted by molar-refractivity contribution is 6.06. The van der Waals surface area contributed by atoms with E-state index in [-0.39, 0.29) is 11.5 Å². The molecule has 6 nitrogen and oxygen atoms in total. The van der Waals surface area contributed by atoms with Gasteiger partial charge in [-0.25, -0.2) is 4.79 Å². The molecule has 136 valence electrons. The fourth-order valence-electron chi connectivity index (χ4n) is 3.25. The lowest BCUT2D eigenvalue weighted by Gasteiger charge is -2.27. The van der Waals surface area contributed by atoms with E-state index < -0.39 is 11.5 Å². The number of hydrogen-bond acceptors (Lipinski definition) is 4. The molecule has 0 atom stereocenters. The maximum absolute atomic E-state index is 12.6. The predicted molar refractivity (Wildman–Crippen MR) is 103 cm³/mol. The van der Waals surface area contributed by atoms with Crippen LogP contribution in [0.3, 0.4) is 0 Å². The van der Waals surface area contributed by atoms with Gasteiger partial charge in [-0.3, -0.25) is 9.59 Å². The number of nitrogens with one attached hydrogen (secondary N) is 1. The third-order valence-corrected chi connectivity index (χ3v) is 4.63. The maximum atomic E-state index is 12.6. The summed E-state index contributed by atoms with van der Waals surface area (Å²) in [6.07, 6.45) is 2.40. The Kier molecular flexibility index (Phi) is 4.46. The highest BCUT2D eigenvalue weighted by Gasteiger charge is 2.20. The van der Waals surface area contributed by atoms with Crippen molar-refractivity contribution in [1.82, 2.24) is 0 Å². The molecule has 1 aliphatic heterocycles. The fraction of sp³-hybridized carbons (Fsp3) is 0.190. The van der Waals surface area contributed by atoms with Gasteiger partial charge in [0.1, 0.15) is 11.1 Å². The third-order valence-electron chi connectivity index (χ3n) is 4.63. The van der Waals surface area contributed by atoms with Crippen LogP contribution in [-0.2, 0) is 4.79 Å². The topological polar surface area (TPSA) is 79.6 Å². The van der Waals surface area contributed by atoms with Crippen molar-refractivity contribution in [2.45, 2.75) is 19.3 Å². The van der Waals surface area contributed by atoms with Gasteiger partial charge in [-0.1, -0.05) is 24.3 Å². The van der Waals surface area contributed by atoms with Gasteiger partial charge in [-0.15, -0.1) is 0 Å². The number of piperidine rings is 1. The molecule has 0 spiro atoms. The van der Waals surface area contributed by atoms with Crippen LogP contribution in [0, 0.1) is 0 Å². The molecule has 2 aromatic carbocycles. The number of nitrogens with zero attached hydrogens (tertiary/aromatic N) is 1. The van der Waals surface area contributed by atoms with Crippen LogP contribution in [0.25, 0.3) is 11.0 Å². The summed E-state index contributed by atoms with van der Waals surface area (Å²) in [4.78, 5) is 38.6. The van der Waals surface area contributed by atoms with E-state index >= 15 is 0 Å². The van der Waals surface area contributed by atoms with E-state index in [1.54, 1.807) is 41.3 Å². The number of benzene rings is 2. The van der Waals surface area contributed by atoms with Crippen LogP contribution in [0.1, 0.15) is 29.6 Å². The quantitative estimate of drug-likeness (QED) is 0.723. The average molecular weight is 362 g/mol. The summed E-state index contributed by atoms with van der Waals surface area (Å²) in [7, 11) is 0. The molecule has 1 N–H and O–H groups in total. The van der Waals surface area contributed by atoms with E-state index in [4.69, 9.17) is 4.42 Å². The van der Waals surface area contributed by atoms with Crippen LogP contribution in [0.2, 0.25) is 0 Å². The Labute approximate surface area is 155 Å². The summed E-state index contributed by atoms with van der Waals surface area (Å²) in [5.74, 6) is -0.462. The minimum Gasteiger partial charge on any atom is -0.422 e. The number of hydrogen-bond donors (Lipinski definition) is 1. The second kappa shape index (κ2) is 7.07. The largest absolute Gasteiger partial charge is 0.422 e. The Hall–Kier alpha value is -3.41. The van der Waals surface area contributed by atoms with Crippen molar-refractivity contribution in [3.63, 3.8) is 0 Å². The average Bonchev–Trinajstić information content (AvgIpc) is 2.68. The Morgan fingerprint density at radius 3 is 2.70 bits per heavy atom. The molecular formula is C21H18N2O4. The first-order valence-electron chi connectivity index (χ1n) is 8.86. The van der Waals surface area contributed by atoms with Crippen LogP contribution in [0.5, 0.6) is 0 Å². The van der Waals surface area contributed by atoms with Crippen LogP contribution in [0.15, 0.2) is 63.8 Å². The summed E-state index contributed by atoms with van der Waals surface area (Å²) >= 11 is 0. The van der Waals surface area contributed by atoms with E-state index in [2.05, 4.69) is 5.32 Å². The van der Waals surface area contributed by atoms with E-state index in [0.717, 1.165) is 18.5 Å². The first-order valence-corrected chi connectivity index (χ1v) is 8.86. The van der Waals surface area contributed by atoms with Crippen LogP contribution < -0.4 is 15.8 Å². The molecule has 4 rings (SSSR count). The number of para-hydroxylation sites is 1. The highest BCUT2D eigenvalue weighted by Crippen LogP contribution is 2.24. The Morgan fingerprint density at radius 1 is 1.00 bits per heavy atom. The van der Waals surface area contributed by atoms with E-state index in [1.165, 1.54) is 6.07 Å². The monoisotopic (exact) mass is 362 g/mol. The summed E-state index contributed by atoms with van der Waals surface area (Å²) < 4.78 is 5.22. The maximum Gasteiger partial charge on any atom is 0.349 e. The molecule has 1 fully saturated rings. The van der Waals surface area contributed by atoms with Crippen LogP contribution >= 0.6 is 0 Å². The molecule has 0 unspecified atom stereocenters. The molecule has 2 heterocycles. The van der Waals surface area contributed by atoms with Crippen molar-refractivity contribution in [3.8, 4) is 0 Å². The minimum atomic E-state index is -0.687. The van der Waals surface area contributed by atoms with Gasteiger partial charge < -0.3 is 14.6 Å². The molecule has 1 aliphatic rings. The van der Waals surface area contributed by atoms with E-state index in [9.17, 15) is 14.4 Å². The highest BCUT2D eigenvalue weighted by atomic mass is 16.4. The molecular weight excluding hydrogens is 344 g/mol. The van der Waals surface area contributed by atoms with Crippen LogP contribution in [-0.4, -0.2) is 18.4 Å². The molecule has 1 aromatic heterocycles. The number of amides is 2. The van der Waals surface area contributed by atoms with Gasteiger partial charge in [-0.2, -0.15) is 0 Å². The van der Waals surface area contributed by atoms with Crippen molar-refractivity contribution in [1.29, 1.82) is 0 Å². The van der Waals surface area contributed by atoms with Gasteiger partial charge >= 0.3 is 5.63 Å². The molecule has 1 saturated heterocycles. The molecule has 0 saturated carbocycles. The fourth-order valence-corrected chi connectivity index (χ4v) is 3.25. The second-order valence-electron chi connectivity index (χ2n) is 6.49.